The average Bonchev–Trinajstić information content (AvgIpc) is 2.87. The first kappa shape index (κ1) is 18.3. The number of nitrogens with one attached hydrogen (secondary N) is 2. The summed E-state index contributed by atoms with van der Waals surface area (Å²) in [5.41, 5.74) is -0.315. The van der Waals surface area contributed by atoms with Crippen molar-refractivity contribution < 1.29 is 23.2 Å². The van der Waals surface area contributed by atoms with Gasteiger partial charge in [-0.15, -0.1) is 0 Å². The summed E-state index contributed by atoms with van der Waals surface area (Å²) in [5, 5.41) is 4.71. The molecule has 2 heterocycles. The molecule has 26 heavy (non-hydrogen) atoms. The normalized spacial score (nSPS) is 23.7. The van der Waals surface area contributed by atoms with Crippen LogP contribution in [0.2, 0.25) is 0 Å². The van der Waals surface area contributed by atoms with Crippen molar-refractivity contribution in [2.45, 2.75) is 44.1 Å². The molecule has 2 N–H and O–H groups in total. The zero-order chi connectivity index (χ0) is 18.9. The molecule has 0 saturated carbocycles. The number of carbonyl (C=O) groups excluding carboxylic acids is 3. The van der Waals surface area contributed by atoms with Crippen molar-refractivity contribution in [2.75, 3.05) is 13.1 Å². The fraction of sp³-hybridized carbons (Fsp3) is 0.500. The molecule has 2 saturated heterocycles. The van der Waals surface area contributed by atoms with Crippen molar-refractivity contribution in [3.63, 3.8) is 0 Å². The first-order chi connectivity index (χ1) is 12.3. The van der Waals surface area contributed by atoms with E-state index in [0.29, 0.717) is 25.9 Å². The van der Waals surface area contributed by atoms with Gasteiger partial charge in [-0.1, -0.05) is 6.07 Å². The van der Waals surface area contributed by atoms with Gasteiger partial charge < -0.3 is 10.2 Å². The van der Waals surface area contributed by atoms with Crippen LogP contribution in [0.15, 0.2) is 18.2 Å². The quantitative estimate of drug-likeness (QED) is 0.802. The number of likely N-dealkylation sites (tertiary alicyclic amines) is 1. The molecule has 4 amide bonds. The van der Waals surface area contributed by atoms with E-state index in [1.54, 1.807) is 17.9 Å². The maximum Gasteiger partial charge on any atom is 0.322 e. The average molecular weight is 365 g/mol. The van der Waals surface area contributed by atoms with Crippen LogP contribution in [0, 0.1) is 11.6 Å². The minimum absolute atomic E-state index is 0.0797. The van der Waals surface area contributed by atoms with E-state index >= 15 is 0 Å². The highest BCUT2D eigenvalue weighted by Gasteiger charge is 2.42. The van der Waals surface area contributed by atoms with E-state index in [0.717, 1.165) is 11.6 Å². The highest BCUT2D eigenvalue weighted by molar-refractivity contribution is 6.06. The largest absolute Gasteiger partial charge is 0.343 e. The van der Waals surface area contributed by atoms with E-state index in [1.165, 1.54) is 6.07 Å². The number of nitrogens with zero attached hydrogens (tertiary/aromatic N) is 1. The Hall–Kier alpha value is -2.51. The van der Waals surface area contributed by atoms with Gasteiger partial charge in [-0.25, -0.2) is 13.6 Å². The summed E-state index contributed by atoms with van der Waals surface area (Å²) in [7, 11) is 0. The third-order valence-electron chi connectivity index (χ3n) is 5.22. The molecule has 3 rings (SSSR count). The molecule has 6 nitrogen and oxygen atoms in total. The van der Waals surface area contributed by atoms with Crippen LogP contribution in [0.4, 0.5) is 13.6 Å². The van der Waals surface area contributed by atoms with Crippen LogP contribution in [0.3, 0.4) is 0 Å². The summed E-state index contributed by atoms with van der Waals surface area (Å²) in [6.45, 7) is 2.64. The molecule has 2 aliphatic rings. The topological polar surface area (TPSA) is 78.5 Å². The Kier molecular flexibility index (Phi) is 4.93. The van der Waals surface area contributed by atoms with Crippen LogP contribution in [0.1, 0.15) is 44.1 Å². The molecule has 2 fully saturated rings. The zero-order valence-corrected chi connectivity index (χ0v) is 14.5. The molecule has 0 radical (unpaired) electrons. The lowest BCUT2D eigenvalue weighted by Crippen LogP contribution is -2.45. The summed E-state index contributed by atoms with van der Waals surface area (Å²) in [5.74, 6) is -2.13. The van der Waals surface area contributed by atoms with Gasteiger partial charge in [0.25, 0.3) is 5.91 Å². The van der Waals surface area contributed by atoms with Crippen LogP contribution < -0.4 is 10.6 Å². The fourth-order valence-electron chi connectivity index (χ4n) is 3.50. The Morgan fingerprint density at radius 1 is 1.23 bits per heavy atom. The van der Waals surface area contributed by atoms with Gasteiger partial charge in [0.1, 0.15) is 5.54 Å². The highest BCUT2D eigenvalue weighted by atomic mass is 19.2. The highest BCUT2D eigenvalue weighted by Crippen LogP contribution is 2.29. The van der Waals surface area contributed by atoms with Gasteiger partial charge in [0.05, 0.1) is 0 Å². The van der Waals surface area contributed by atoms with Crippen molar-refractivity contribution in [3.8, 4) is 0 Å². The van der Waals surface area contributed by atoms with Gasteiger partial charge in [0.15, 0.2) is 11.6 Å². The number of rotatable bonds is 4. The molecule has 2 aliphatic heterocycles. The summed E-state index contributed by atoms with van der Waals surface area (Å²) in [6, 6.07) is 3.39. The minimum atomic E-state index is -1.06. The SMILES string of the molecule is CC1(CCC(=O)N2CCC(c3ccc(F)c(F)c3)CC2)NC(=O)NC1=O. The van der Waals surface area contributed by atoms with Crippen molar-refractivity contribution in [1.29, 1.82) is 0 Å². The number of halogens is 2. The second kappa shape index (κ2) is 7.01. The first-order valence-electron chi connectivity index (χ1n) is 8.65. The van der Waals surface area contributed by atoms with Gasteiger partial charge >= 0.3 is 6.03 Å². The first-order valence-corrected chi connectivity index (χ1v) is 8.65. The monoisotopic (exact) mass is 365 g/mol. The number of hydrogen-bond donors (Lipinski definition) is 2. The Morgan fingerprint density at radius 3 is 2.50 bits per heavy atom. The molecule has 0 spiro atoms. The molecular formula is C18H21F2N3O3. The van der Waals surface area contributed by atoms with Crippen molar-refractivity contribution in [3.05, 3.63) is 35.4 Å². The zero-order valence-electron chi connectivity index (χ0n) is 14.5. The molecule has 0 aliphatic carbocycles. The van der Waals surface area contributed by atoms with Crippen LogP contribution in [-0.2, 0) is 9.59 Å². The Morgan fingerprint density at radius 2 is 1.92 bits per heavy atom. The van der Waals surface area contributed by atoms with Crippen molar-refractivity contribution in [1.82, 2.24) is 15.5 Å². The fourth-order valence-corrected chi connectivity index (χ4v) is 3.50. The lowest BCUT2D eigenvalue weighted by Gasteiger charge is -2.33. The van der Waals surface area contributed by atoms with E-state index in [4.69, 9.17) is 0 Å². The maximum atomic E-state index is 13.4. The third-order valence-corrected chi connectivity index (χ3v) is 5.22. The lowest BCUT2D eigenvalue weighted by atomic mass is 9.89. The van der Waals surface area contributed by atoms with Crippen LogP contribution in [0.25, 0.3) is 0 Å². The van der Waals surface area contributed by atoms with Gasteiger partial charge in [-0.2, -0.15) is 0 Å². The lowest BCUT2D eigenvalue weighted by molar-refractivity contribution is -0.133. The number of benzene rings is 1. The van der Waals surface area contributed by atoms with E-state index in [9.17, 15) is 23.2 Å². The summed E-state index contributed by atoms with van der Waals surface area (Å²) >= 11 is 0. The number of carbonyl (C=O) groups is 3. The third kappa shape index (κ3) is 3.68. The van der Waals surface area contributed by atoms with Crippen molar-refractivity contribution >= 4 is 17.8 Å². The van der Waals surface area contributed by atoms with Gasteiger partial charge in [0, 0.05) is 19.5 Å². The van der Waals surface area contributed by atoms with E-state index < -0.39 is 29.1 Å². The van der Waals surface area contributed by atoms with E-state index in [-0.39, 0.29) is 24.7 Å². The van der Waals surface area contributed by atoms with Gasteiger partial charge in [-0.3, -0.25) is 14.9 Å². The molecular weight excluding hydrogens is 344 g/mol. The van der Waals surface area contributed by atoms with E-state index in [1.807, 2.05) is 0 Å². The van der Waals surface area contributed by atoms with E-state index in [2.05, 4.69) is 10.6 Å². The molecule has 1 aromatic carbocycles. The molecule has 0 bridgehead atoms. The van der Waals surface area contributed by atoms with Gasteiger partial charge in [-0.05, 0) is 49.8 Å². The van der Waals surface area contributed by atoms with Gasteiger partial charge in [0.2, 0.25) is 5.91 Å². The summed E-state index contributed by atoms with van der Waals surface area (Å²) in [4.78, 5) is 37.1. The number of urea groups is 1. The number of piperidine rings is 1. The molecule has 8 heteroatoms. The molecule has 1 unspecified atom stereocenters. The Balaban J connectivity index is 1.51. The predicted molar refractivity (Wildman–Crippen MR) is 89.2 cm³/mol. The second-order valence-electron chi connectivity index (χ2n) is 7.07. The number of imide groups is 1. The Bertz CT molecular complexity index is 747. The second-order valence-corrected chi connectivity index (χ2v) is 7.07. The molecule has 0 aromatic heterocycles. The Labute approximate surface area is 149 Å². The molecule has 140 valence electrons. The number of hydrogen-bond acceptors (Lipinski definition) is 3. The number of amides is 4. The summed E-state index contributed by atoms with van der Waals surface area (Å²) in [6.07, 6.45) is 1.73. The van der Waals surface area contributed by atoms with Crippen LogP contribution in [0.5, 0.6) is 0 Å². The molecule has 1 atom stereocenters. The summed E-state index contributed by atoms with van der Waals surface area (Å²) < 4.78 is 26.4. The standard InChI is InChI=1S/C18H21F2N3O3/c1-18(16(25)21-17(26)22-18)7-4-15(24)23-8-5-11(6-9-23)12-2-3-13(19)14(20)10-12/h2-3,10-11H,4-9H2,1H3,(H2,21,22,25,26). The smallest absolute Gasteiger partial charge is 0.322 e. The maximum absolute atomic E-state index is 13.4. The minimum Gasteiger partial charge on any atom is -0.343 e. The van der Waals surface area contributed by atoms with Crippen LogP contribution in [-0.4, -0.2) is 41.4 Å². The predicted octanol–water partition coefficient (Wildman–Crippen LogP) is 2.05. The molecule has 1 aromatic rings. The van der Waals surface area contributed by atoms with Crippen LogP contribution >= 0.6 is 0 Å². The van der Waals surface area contributed by atoms with Crippen molar-refractivity contribution in [2.24, 2.45) is 0 Å².